The highest BCUT2D eigenvalue weighted by Crippen LogP contribution is 2.31. The number of nitrogens with zero attached hydrogens (tertiary/aromatic N) is 2. The summed E-state index contributed by atoms with van der Waals surface area (Å²) in [4.78, 5) is 13.1. The van der Waals surface area contributed by atoms with Gasteiger partial charge in [0.05, 0.1) is 36.7 Å². The molecule has 0 atom stereocenters. The van der Waals surface area contributed by atoms with Crippen molar-refractivity contribution in [2.45, 2.75) is 23.5 Å². The van der Waals surface area contributed by atoms with Gasteiger partial charge in [0.15, 0.2) is 0 Å². The van der Waals surface area contributed by atoms with Crippen LogP contribution in [0, 0.1) is 11.7 Å². The predicted molar refractivity (Wildman–Crippen MR) is 135 cm³/mol. The monoisotopic (exact) mass is 555 g/mol. The number of amides is 1. The molecular formula is C24H30FN3O7S2. The standard InChI is InChI=1S/C24H30FN3O7S2/c1-34-23-7-6-21(37(32,33)28-12-14-35-15-13-28)16-22(23)26-24(29)19-8-10-27(11-9-19)36(30,31)17-18-2-4-20(25)5-3-18/h2-7,16,19H,8-15,17H2,1H3,(H,26,29). The van der Waals surface area contributed by atoms with E-state index in [1.54, 1.807) is 0 Å². The highest BCUT2D eigenvalue weighted by Gasteiger charge is 2.32. The number of hydrogen-bond acceptors (Lipinski definition) is 7. The van der Waals surface area contributed by atoms with Crippen LogP contribution in [0.3, 0.4) is 0 Å². The highest BCUT2D eigenvalue weighted by molar-refractivity contribution is 7.89. The molecule has 4 rings (SSSR count). The Morgan fingerprint density at radius 3 is 2.27 bits per heavy atom. The number of nitrogens with one attached hydrogen (secondary N) is 1. The van der Waals surface area contributed by atoms with E-state index in [4.69, 9.17) is 9.47 Å². The summed E-state index contributed by atoms with van der Waals surface area (Å²) < 4.78 is 78.0. The summed E-state index contributed by atoms with van der Waals surface area (Å²) in [5, 5.41) is 2.77. The molecule has 0 unspecified atom stereocenters. The van der Waals surface area contributed by atoms with E-state index < -0.39 is 31.8 Å². The van der Waals surface area contributed by atoms with Gasteiger partial charge in [-0.05, 0) is 48.7 Å². The van der Waals surface area contributed by atoms with Crippen LogP contribution in [0.1, 0.15) is 18.4 Å². The lowest BCUT2D eigenvalue weighted by atomic mass is 9.97. The maximum atomic E-state index is 13.1. The number of ether oxygens (including phenoxy) is 2. The molecule has 0 bridgehead atoms. The number of carbonyl (C=O) groups is 1. The molecule has 202 valence electrons. The van der Waals surface area contributed by atoms with Gasteiger partial charge in [-0.3, -0.25) is 4.79 Å². The summed E-state index contributed by atoms with van der Waals surface area (Å²) in [6.07, 6.45) is 0.616. The first-order chi connectivity index (χ1) is 17.6. The quantitative estimate of drug-likeness (QED) is 0.529. The van der Waals surface area contributed by atoms with Gasteiger partial charge in [-0.25, -0.2) is 25.5 Å². The van der Waals surface area contributed by atoms with Crippen LogP contribution in [-0.4, -0.2) is 77.9 Å². The van der Waals surface area contributed by atoms with Crippen molar-refractivity contribution in [2.24, 2.45) is 5.92 Å². The van der Waals surface area contributed by atoms with Gasteiger partial charge in [-0.1, -0.05) is 12.1 Å². The van der Waals surface area contributed by atoms with Crippen molar-refractivity contribution in [3.05, 3.63) is 53.8 Å². The number of hydrogen-bond donors (Lipinski definition) is 1. The van der Waals surface area contributed by atoms with Crippen LogP contribution in [0.25, 0.3) is 0 Å². The normalized spacial score (nSPS) is 18.4. The van der Waals surface area contributed by atoms with Crippen molar-refractivity contribution in [1.82, 2.24) is 8.61 Å². The number of carbonyl (C=O) groups excluding carboxylic acids is 1. The molecule has 0 radical (unpaired) electrons. The Balaban J connectivity index is 1.40. The molecule has 2 aromatic carbocycles. The summed E-state index contributed by atoms with van der Waals surface area (Å²) in [5.74, 6) is -1.16. The summed E-state index contributed by atoms with van der Waals surface area (Å²) in [6, 6.07) is 9.62. The molecule has 0 aliphatic carbocycles. The van der Waals surface area contributed by atoms with Crippen molar-refractivity contribution < 1.29 is 35.5 Å². The first-order valence-electron chi connectivity index (χ1n) is 11.9. The van der Waals surface area contributed by atoms with Crippen LogP contribution >= 0.6 is 0 Å². The van der Waals surface area contributed by atoms with Gasteiger partial charge in [0.1, 0.15) is 11.6 Å². The van der Waals surface area contributed by atoms with Crippen molar-refractivity contribution in [3.63, 3.8) is 0 Å². The second kappa shape index (κ2) is 11.4. The Kier molecular flexibility index (Phi) is 8.49. The number of benzene rings is 2. The molecule has 10 nitrogen and oxygen atoms in total. The van der Waals surface area contributed by atoms with E-state index in [-0.39, 0.29) is 48.4 Å². The van der Waals surface area contributed by atoms with Gasteiger partial charge in [-0.15, -0.1) is 0 Å². The summed E-state index contributed by atoms with van der Waals surface area (Å²) in [6.45, 7) is 1.47. The molecule has 2 aromatic rings. The molecule has 13 heteroatoms. The summed E-state index contributed by atoms with van der Waals surface area (Å²) in [5.41, 5.74) is 0.716. The molecule has 37 heavy (non-hydrogen) atoms. The van der Waals surface area contributed by atoms with Crippen molar-refractivity contribution in [1.29, 1.82) is 0 Å². The first kappa shape index (κ1) is 27.5. The van der Waals surface area contributed by atoms with Gasteiger partial charge in [0.2, 0.25) is 26.0 Å². The number of halogens is 1. The Morgan fingerprint density at radius 2 is 1.65 bits per heavy atom. The third kappa shape index (κ3) is 6.47. The molecule has 2 aliphatic heterocycles. The van der Waals surface area contributed by atoms with Crippen LogP contribution in [0.15, 0.2) is 47.4 Å². The molecule has 2 heterocycles. The lowest BCUT2D eigenvalue weighted by Crippen LogP contribution is -2.42. The van der Waals surface area contributed by atoms with E-state index in [9.17, 15) is 26.0 Å². The highest BCUT2D eigenvalue weighted by atomic mass is 32.2. The predicted octanol–water partition coefficient (Wildman–Crippen LogP) is 2.04. The zero-order valence-electron chi connectivity index (χ0n) is 20.4. The summed E-state index contributed by atoms with van der Waals surface area (Å²) >= 11 is 0. The van der Waals surface area contributed by atoms with Crippen LogP contribution in [0.4, 0.5) is 10.1 Å². The fourth-order valence-electron chi connectivity index (χ4n) is 4.39. The molecule has 2 aliphatic rings. The van der Waals surface area contributed by atoms with Gasteiger partial charge in [0.25, 0.3) is 0 Å². The fraction of sp³-hybridized carbons (Fsp3) is 0.458. The fourth-order valence-corrected chi connectivity index (χ4v) is 7.39. The van der Waals surface area contributed by atoms with E-state index in [1.807, 2.05) is 0 Å². The minimum absolute atomic E-state index is 0.0344. The Hall–Kier alpha value is -2.58. The lowest BCUT2D eigenvalue weighted by molar-refractivity contribution is -0.120. The van der Waals surface area contributed by atoms with E-state index in [0.717, 1.165) is 0 Å². The largest absolute Gasteiger partial charge is 0.495 e. The van der Waals surface area contributed by atoms with E-state index in [2.05, 4.69) is 5.32 Å². The molecular weight excluding hydrogens is 525 g/mol. The summed E-state index contributed by atoms with van der Waals surface area (Å²) in [7, 11) is -5.97. The second-order valence-electron chi connectivity index (χ2n) is 8.92. The first-order valence-corrected chi connectivity index (χ1v) is 14.9. The lowest BCUT2D eigenvalue weighted by Gasteiger charge is -2.30. The van der Waals surface area contributed by atoms with E-state index >= 15 is 0 Å². The van der Waals surface area contributed by atoms with Crippen molar-refractivity contribution >= 4 is 31.6 Å². The topological polar surface area (TPSA) is 122 Å². The zero-order chi connectivity index (χ0) is 26.6. The van der Waals surface area contributed by atoms with Gasteiger partial charge < -0.3 is 14.8 Å². The maximum absolute atomic E-state index is 13.1. The number of methoxy groups -OCH3 is 1. The average molecular weight is 556 g/mol. The average Bonchev–Trinajstić information content (AvgIpc) is 2.90. The van der Waals surface area contributed by atoms with E-state index in [0.29, 0.717) is 37.4 Å². The number of piperidine rings is 1. The maximum Gasteiger partial charge on any atom is 0.243 e. The molecule has 0 aromatic heterocycles. The minimum atomic E-state index is -3.77. The van der Waals surface area contributed by atoms with Gasteiger partial charge in [-0.2, -0.15) is 4.31 Å². The third-order valence-corrected chi connectivity index (χ3v) is 10.3. The van der Waals surface area contributed by atoms with Crippen LogP contribution in [-0.2, 0) is 35.3 Å². The number of sulfonamides is 2. The van der Waals surface area contributed by atoms with Gasteiger partial charge in [0, 0.05) is 32.1 Å². The van der Waals surface area contributed by atoms with Crippen LogP contribution in [0.5, 0.6) is 5.75 Å². The number of morpholine rings is 1. The van der Waals surface area contributed by atoms with Crippen LogP contribution in [0.2, 0.25) is 0 Å². The number of anilines is 1. The minimum Gasteiger partial charge on any atom is -0.495 e. The Labute approximate surface area is 216 Å². The molecule has 2 saturated heterocycles. The SMILES string of the molecule is COc1ccc(S(=O)(=O)N2CCOCC2)cc1NC(=O)C1CCN(S(=O)(=O)Cc2ccc(F)cc2)CC1. The number of rotatable bonds is 8. The molecule has 0 spiro atoms. The molecule has 1 N–H and O–H groups in total. The molecule has 1 amide bonds. The third-order valence-electron chi connectivity index (χ3n) is 6.52. The molecule has 0 saturated carbocycles. The second-order valence-corrected chi connectivity index (χ2v) is 12.8. The van der Waals surface area contributed by atoms with Crippen molar-refractivity contribution in [3.8, 4) is 5.75 Å². The van der Waals surface area contributed by atoms with Gasteiger partial charge >= 0.3 is 0 Å². The smallest absolute Gasteiger partial charge is 0.243 e. The molecule has 2 fully saturated rings. The van der Waals surface area contributed by atoms with Crippen molar-refractivity contribution in [2.75, 3.05) is 51.8 Å². The Morgan fingerprint density at radius 1 is 1.00 bits per heavy atom. The van der Waals surface area contributed by atoms with E-state index in [1.165, 1.54) is 58.2 Å². The Bertz CT molecular complexity index is 1320. The van der Waals surface area contributed by atoms with Crippen LogP contribution < -0.4 is 10.1 Å². The zero-order valence-corrected chi connectivity index (χ0v) is 22.1.